The molecule has 1 N–H and O–H groups in total. The van der Waals surface area contributed by atoms with Crippen LogP contribution < -0.4 is 5.32 Å². The van der Waals surface area contributed by atoms with Crippen LogP contribution in [-0.4, -0.2) is 24.8 Å². The van der Waals surface area contributed by atoms with Crippen LogP contribution in [0.25, 0.3) is 0 Å². The molecule has 0 bridgehead atoms. The van der Waals surface area contributed by atoms with Crippen molar-refractivity contribution in [2.75, 3.05) is 13.2 Å². The van der Waals surface area contributed by atoms with E-state index in [1.165, 1.54) is 0 Å². The average molecular weight is 173 g/mol. The highest BCUT2D eigenvalue weighted by molar-refractivity contribution is 4.89. The molecular formula is C10H23NO. The summed E-state index contributed by atoms with van der Waals surface area (Å²) in [4.78, 5) is 0. The van der Waals surface area contributed by atoms with Crippen molar-refractivity contribution < 1.29 is 4.74 Å². The Morgan fingerprint density at radius 1 is 1.42 bits per heavy atom. The summed E-state index contributed by atoms with van der Waals surface area (Å²) in [5.74, 6) is 0. The lowest BCUT2D eigenvalue weighted by atomic mass is 9.99. The van der Waals surface area contributed by atoms with Crippen LogP contribution in [-0.2, 0) is 4.74 Å². The van der Waals surface area contributed by atoms with E-state index in [0.717, 1.165) is 19.6 Å². The quantitative estimate of drug-likeness (QED) is 0.691. The molecule has 1 aliphatic rings. The van der Waals surface area contributed by atoms with Crippen molar-refractivity contribution in [1.82, 2.24) is 5.32 Å². The summed E-state index contributed by atoms with van der Waals surface area (Å²) >= 11 is 0. The Bertz CT molecular complexity index is 112. The van der Waals surface area contributed by atoms with Gasteiger partial charge in [0.15, 0.2) is 0 Å². The highest BCUT2D eigenvalue weighted by atomic mass is 16.5. The van der Waals surface area contributed by atoms with Gasteiger partial charge in [-0.2, -0.15) is 0 Å². The van der Waals surface area contributed by atoms with E-state index in [1.807, 2.05) is 13.8 Å². The zero-order chi connectivity index (χ0) is 9.61. The Hall–Kier alpha value is -0.0800. The van der Waals surface area contributed by atoms with Crippen LogP contribution in [0.4, 0.5) is 0 Å². The number of nitrogens with one attached hydrogen (secondary N) is 1. The SMILES string of the molecule is CC.CCNC1CCOC1(C)C. The van der Waals surface area contributed by atoms with Gasteiger partial charge in [-0.3, -0.25) is 0 Å². The zero-order valence-electron chi connectivity index (χ0n) is 9.11. The minimum atomic E-state index is 0.0516. The van der Waals surface area contributed by atoms with Crippen molar-refractivity contribution in [1.29, 1.82) is 0 Å². The first-order chi connectivity index (χ1) is 5.67. The van der Waals surface area contributed by atoms with Gasteiger partial charge in [0.25, 0.3) is 0 Å². The molecule has 0 amide bonds. The molecule has 0 spiro atoms. The maximum atomic E-state index is 5.54. The van der Waals surface area contributed by atoms with Gasteiger partial charge in [-0.1, -0.05) is 20.8 Å². The van der Waals surface area contributed by atoms with Crippen molar-refractivity contribution in [3.05, 3.63) is 0 Å². The molecule has 1 heterocycles. The Morgan fingerprint density at radius 3 is 2.33 bits per heavy atom. The van der Waals surface area contributed by atoms with Crippen LogP contribution in [0.5, 0.6) is 0 Å². The van der Waals surface area contributed by atoms with E-state index in [4.69, 9.17) is 4.74 Å². The Labute approximate surface area is 76.7 Å². The molecule has 2 heteroatoms. The third-order valence-corrected chi connectivity index (χ3v) is 2.17. The molecule has 12 heavy (non-hydrogen) atoms. The van der Waals surface area contributed by atoms with Gasteiger partial charge in [-0.25, -0.2) is 0 Å². The summed E-state index contributed by atoms with van der Waals surface area (Å²) in [5.41, 5.74) is 0.0516. The fourth-order valence-electron chi connectivity index (χ4n) is 1.48. The Kier molecular flexibility index (Phi) is 5.51. The van der Waals surface area contributed by atoms with Crippen LogP contribution in [0.2, 0.25) is 0 Å². The van der Waals surface area contributed by atoms with Crippen molar-refractivity contribution >= 4 is 0 Å². The largest absolute Gasteiger partial charge is 0.374 e. The predicted octanol–water partition coefficient (Wildman–Crippen LogP) is 2.19. The van der Waals surface area contributed by atoms with E-state index in [2.05, 4.69) is 26.1 Å². The van der Waals surface area contributed by atoms with Crippen molar-refractivity contribution in [3.8, 4) is 0 Å². The number of rotatable bonds is 2. The molecule has 1 unspecified atom stereocenters. The molecule has 1 rings (SSSR count). The number of ether oxygens (including phenoxy) is 1. The maximum Gasteiger partial charge on any atom is 0.0779 e. The Balaban J connectivity index is 0.000000561. The van der Waals surface area contributed by atoms with Gasteiger partial charge < -0.3 is 10.1 Å². The third kappa shape index (κ3) is 3.11. The smallest absolute Gasteiger partial charge is 0.0779 e. The molecule has 1 saturated heterocycles. The fraction of sp³-hybridized carbons (Fsp3) is 1.00. The van der Waals surface area contributed by atoms with Gasteiger partial charge in [0.05, 0.1) is 5.60 Å². The third-order valence-electron chi connectivity index (χ3n) is 2.17. The second kappa shape index (κ2) is 5.55. The summed E-state index contributed by atoms with van der Waals surface area (Å²) < 4.78 is 5.54. The van der Waals surface area contributed by atoms with Crippen molar-refractivity contribution in [2.24, 2.45) is 0 Å². The normalized spacial score (nSPS) is 26.2. The molecule has 1 atom stereocenters. The first kappa shape index (κ1) is 11.9. The van der Waals surface area contributed by atoms with E-state index in [1.54, 1.807) is 0 Å². The van der Waals surface area contributed by atoms with Gasteiger partial charge in [0.2, 0.25) is 0 Å². The highest BCUT2D eigenvalue weighted by Gasteiger charge is 2.34. The van der Waals surface area contributed by atoms with E-state index in [0.29, 0.717) is 6.04 Å². The van der Waals surface area contributed by atoms with Crippen LogP contribution in [0.1, 0.15) is 41.0 Å². The molecule has 0 radical (unpaired) electrons. The standard InChI is InChI=1S/C8H17NO.C2H6/c1-4-9-7-5-6-10-8(7,2)3;1-2/h7,9H,4-6H2,1-3H3;1-2H3. The summed E-state index contributed by atoms with van der Waals surface area (Å²) in [6.45, 7) is 12.4. The molecule has 2 nitrogen and oxygen atoms in total. The lowest BCUT2D eigenvalue weighted by Crippen LogP contribution is -2.43. The van der Waals surface area contributed by atoms with Gasteiger partial charge in [0, 0.05) is 12.6 Å². The summed E-state index contributed by atoms with van der Waals surface area (Å²) in [6, 6.07) is 0.553. The molecule has 0 aromatic heterocycles. The lowest BCUT2D eigenvalue weighted by molar-refractivity contribution is 0.0220. The van der Waals surface area contributed by atoms with E-state index in [-0.39, 0.29) is 5.60 Å². The van der Waals surface area contributed by atoms with Crippen molar-refractivity contribution in [2.45, 2.75) is 52.7 Å². The van der Waals surface area contributed by atoms with E-state index in [9.17, 15) is 0 Å². The first-order valence-electron chi connectivity index (χ1n) is 5.04. The van der Waals surface area contributed by atoms with Crippen LogP contribution in [0.15, 0.2) is 0 Å². The lowest BCUT2D eigenvalue weighted by Gasteiger charge is -2.26. The van der Waals surface area contributed by atoms with Gasteiger partial charge in [-0.15, -0.1) is 0 Å². The molecule has 0 saturated carbocycles. The fourth-order valence-corrected chi connectivity index (χ4v) is 1.48. The van der Waals surface area contributed by atoms with Gasteiger partial charge in [0.1, 0.15) is 0 Å². The summed E-state index contributed by atoms with van der Waals surface area (Å²) in [7, 11) is 0. The monoisotopic (exact) mass is 173 g/mol. The molecule has 1 fully saturated rings. The second-order valence-corrected chi connectivity index (χ2v) is 3.35. The Morgan fingerprint density at radius 2 is 2.00 bits per heavy atom. The summed E-state index contributed by atoms with van der Waals surface area (Å²) in [6.07, 6.45) is 1.15. The molecular weight excluding hydrogens is 150 g/mol. The van der Waals surface area contributed by atoms with Gasteiger partial charge in [-0.05, 0) is 26.8 Å². The van der Waals surface area contributed by atoms with E-state index >= 15 is 0 Å². The number of likely N-dealkylation sites (N-methyl/N-ethyl adjacent to an activating group) is 1. The first-order valence-corrected chi connectivity index (χ1v) is 5.04. The predicted molar refractivity (Wildman–Crippen MR) is 53.5 cm³/mol. The average Bonchev–Trinajstić information content (AvgIpc) is 2.36. The van der Waals surface area contributed by atoms with Crippen molar-refractivity contribution in [3.63, 3.8) is 0 Å². The highest BCUT2D eigenvalue weighted by Crippen LogP contribution is 2.24. The second-order valence-electron chi connectivity index (χ2n) is 3.35. The molecule has 74 valence electrons. The van der Waals surface area contributed by atoms with Crippen LogP contribution >= 0.6 is 0 Å². The number of hydrogen-bond acceptors (Lipinski definition) is 2. The molecule has 1 aliphatic heterocycles. The number of hydrogen-bond donors (Lipinski definition) is 1. The van der Waals surface area contributed by atoms with Crippen LogP contribution in [0.3, 0.4) is 0 Å². The van der Waals surface area contributed by atoms with Crippen LogP contribution in [0, 0.1) is 0 Å². The maximum absolute atomic E-state index is 5.54. The minimum Gasteiger partial charge on any atom is -0.374 e. The topological polar surface area (TPSA) is 21.3 Å². The van der Waals surface area contributed by atoms with E-state index < -0.39 is 0 Å². The zero-order valence-corrected chi connectivity index (χ0v) is 9.11. The minimum absolute atomic E-state index is 0.0516. The van der Waals surface area contributed by atoms with Gasteiger partial charge >= 0.3 is 0 Å². The summed E-state index contributed by atoms with van der Waals surface area (Å²) in [5, 5.41) is 3.41. The molecule has 0 aromatic carbocycles. The molecule has 0 aromatic rings. The molecule has 0 aliphatic carbocycles.